The summed E-state index contributed by atoms with van der Waals surface area (Å²) in [7, 11) is 0. The SMILES string of the molecule is [2H]c1c([2H])c([2H])c(-c2cccc3c(-c4c5c([2H])c([2H])c([2H])c([2H])c5c(-c5ccccc5)c5c([2H])c([2H])c([2H])c([2H])c45)c(-c4cccc5ccccc45)oc23)c([2H])c1[2H]. The molecule has 1 aromatic heterocycles. The van der Waals surface area contributed by atoms with Crippen molar-refractivity contribution in [3.05, 3.63) is 170 Å². The highest BCUT2D eigenvalue weighted by molar-refractivity contribution is 6.25. The quantitative estimate of drug-likeness (QED) is 0.187. The summed E-state index contributed by atoms with van der Waals surface area (Å²) in [6, 6.07) is 20.1. The Morgan fingerprint density at radius 2 is 0.933 bits per heavy atom. The summed E-state index contributed by atoms with van der Waals surface area (Å²) >= 11 is 0. The average molecular weight is 586 g/mol. The van der Waals surface area contributed by atoms with Gasteiger partial charge in [0.25, 0.3) is 0 Å². The third-order valence-electron chi connectivity index (χ3n) is 8.21. The molecule has 0 saturated carbocycles. The summed E-state index contributed by atoms with van der Waals surface area (Å²) in [5, 5.41) is 1.90. The molecule has 0 aliphatic heterocycles. The molecule has 1 nitrogen and oxygen atoms in total. The Balaban J connectivity index is 1.61. The highest BCUT2D eigenvalue weighted by atomic mass is 16.3. The van der Waals surface area contributed by atoms with Crippen molar-refractivity contribution in [3.8, 4) is 44.7 Å². The van der Waals surface area contributed by atoms with E-state index in [4.69, 9.17) is 16.8 Å². The normalized spacial score (nSPS) is 15.6. The average Bonchev–Trinajstić information content (AvgIpc) is 3.63. The molecule has 0 radical (unpaired) electrons. The van der Waals surface area contributed by atoms with Gasteiger partial charge in [0.15, 0.2) is 0 Å². The zero-order valence-electron chi connectivity index (χ0n) is 36.6. The Labute approximate surface area is 279 Å². The first-order valence-electron chi connectivity index (χ1n) is 20.9. The summed E-state index contributed by atoms with van der Waals surface area (Å²) in [6.45, 7) is 0. The smallest absolute Gasteiger partial charge is 0.143 e. The van der Waals surface area contributed by atoms with E-state index in [1.807, 2.05) is 36.4 Å². The largest absolute Gasteiger partial charge is 0.455 e. The van der Waals surface area contributed by atoms with E-state index in [1.54, 1.807) is 54.6 Å². The number of fused-ring (bicyclic) bond motifs is 4. The van der Waals surface area contributed by atoms with Crippen molar-refractivity contribution in [2.75, 3.05) is 0 Å². The molecule has 9 aromatic rings. The van der Waals surface area contributed by atoms with Crippen LogP contribution in [0.1, 0.15) is 17.8 Å². The van der Waals surface area contributed by atoms with Crippen LogP contribution in [0.4, 0.5) is 0 Å². The molecular weight excluding hydrogens is 544 g/mol. The Hall–Kier alpha value is -5.92. The fourth-order valence-electron chi connectivity index (χ4n) is 6.33. The zero-order valence-corrected chi connectivity index (χ0v) is 23.6. The van der Waals surface area contributed by atoms with Crippen molar-refractivity contribution < 1.29 is 22.2 Å². The van der Waals surface area contributed by atoms with Crippen molar-refractivity contribution in [3.63, 3.8) is 0 Å². The molecule has 0 atom stereocenters. The van der Waals surface area contributed by atoms with E-state index in [2.05, 4.69) is 0 Å². The Bertz CT molecular complexity index is 3150. The second-order valence-corrected chi connectivity index (χ2v) is 10.6. The van der Waals surface area contributed by atoms with Gasteiger partial charge in [0.2, 0.25) is 0 Å². The molecule has 1 heterocycles. The number of hydrogen-bond acceptors (Lipinski definition) is 1. The molecule has 0 saturated heterocycles. The number of benzene rings is 8. The van der Waals surface area contributed by atoms with Gasteiger partial charge >= 0.3 is 0 Å². The molecule has 0 unspecified atom stereocenters. The molecule has 0 bridgehead atoms. The van der Waals surface area contributed by atoms with E-state index < -0.39 is 78.6 Å². The Morgan fingerprint density at radius 3 is 1.67 bits per heavy atom. The van der Waals surface area contributed by atoms with Crippen LogP contribution in [0.3, 0.4) is 0 Å². The standard InChI is InChI=1S/C44H28O/c1-3-15-30(16-4-1)33-26-14-28-39-42(44(45-43(33)39)38-27-13-20-29-17-7-8-21-32(29)38)41-36-24-11-9-22-34(36)40(31-18-5-2-6-19-31)35-23-10-12-25-37(35)41/h1-28H/i1D,3D,4D,9D,10D,11D,12D,15D,16D,22D,23D,24D,25D. The van der Waals surface area contributed by atoms with Crippen LogP contribution in [0.25, 0.3) is 88.0 Å². The van der Waals surface area contributed by atoms with Crippen molar-refractivity contribution in [1.82, 2.24) is 0 Å². The highest BCUT2D eigenvalue weighted by Crippen LogP contribution is 2.51. The molecular formula is C44H28O. The van der Waals surface area contributed by atoms with E-state index in [-0.39, 0.29) is 60.7 Å². The predicted octanol–water partition coefficient (Wildman–Crippen LogP) is 12.6. The Kier molecular flexibility index (Phi) is 3.62. The second-order valence-electron chi connectivity index (χ2n) is 10.6. The van der Waals surface area contributed by atoms with Gasteiger partial charge in [-0.25, -0.2) is 0 Å². The fourth-order valence-corrected chi connectivity index (χ4v) is 6.33. The summed E-state index contributed by atoms with van der Waals surface area (Å²) in [5.74, 6) is 0.168. The Morgan fingerprint density at radius 1 is 0.378 bits per heavy atom. The lowest BCUT2D eigenvalue weighted by Crippen LogP contribution is -1.91. The van der Waals surface area contributed by atoms with Crippen LogP contribution in [0.2, 0.25) is 0 Å². The van der Waals surface area contributed by atoms with Crippen molar-refractivity contribution in [1.29, 1.82) is 0 Å². The van der Waals surface area contributed by atoms with Crippen molar-refractivity contribution in [2.45, 2.75) is 0 Å². The highest BCUT2D eigenvalue weighted by Gasteiger charge is 2.26. The monoisotopic (exact) mass is 585 g/mol. The topological polar surface area (TPSA) is 13.1 Å². The lowest BCUT2D eigenvalue weighted by molar-refractivity contribution is 0.634. The molecule has 210 valence electrons. The van der Waals surface area contributed by atoms with Crippen LogP contribution >= 0.6 is 0 Å². The summed E-state index contributed by atoms with van der Waals surface area (Å²) in [4.78, 5) is 0. The maximum atomic E-state index is 9.52. The van der Waals surface area contributed by atoms with E-state index in [9.17, 15) is 5.48 Å². The lowest BCUT2D eigenvalue weighted by Gasteiger charge is -2.18. The van der Waals surface area contributed by atoms with Gasteiger partial charge in [-0.15, -0.1) is 0 Å². The molecule has 8 aromatic carbocycles. The van der Waals surface area contributed by atoms with Crippen LogP contribution in [0.15, 0.2) is 174 Å². The third-order valence-corrected chi connectivity index (χ3v) is 8.21. The maximum Gasteiger partial charge on any atom is 0.143 e. The molecule has 1 heteroatoms. The van der Waals surface area contributed by atoms with Gasteiger partial charge in [-0.1, -0.05) is 170 Å². The second kappa shape index (κ2) is 10.4. The fraction of sp³-hybridized carbons (Fsp3) is 0. The van der Waals surface area contributed by atoms with Gasteiger partial charge in [-0.2, -0.15) is 0 Å². The first-order valence-corrected chi connectivity index (χ1v) is 14.4. The molecule has 45 heavy (non-hydrogen) atoms. The molecule has 0 aliphatic carbocycles. The summed E-state index contributed by atoms with van der Waals surface area (Å²) in [5.41, 5.74) is 1.61. The summed E-state index contributed by atoms with van der Waals surface area (Å²) in [6.07, 6.45) is 0. The molecule has 0 amide bonds. The first kappa shape index (κ1) is 15.7. The van der Waals surface area contributed by atoms with Gasteiger partial charge in [0.1, 0.15) is 11.3 Å². The molecule has 0 fully saturated rings. The molecule has 0 N–H and O–H groups in total. The summed E-state index contributed by atoms with van der Waals surface area (Å²) < 4.78 is 123. The van der Waals surface area contributed by atoms with Crippen molar-refractivity contribution >= 4 is 43.3 Å². The number of para-hydroxylation sites is 1. The van der Waals surface area contributed by atoms with E-state index >= 15 is 0 Å². The van der Waals surface area contributed by atoms with Gasteiger partial charge in [-0.3, -0.25) is 0 Å². The molecule has 0 spiro atoms. The minimum Gasteiger partial charge on any atom is -0.455 e. The van der Waals surface area contributed by atoms with Crippen molar-refractivity contribution in [2.24, 2.45) is 0 Å². The first-order chi connectivity index (χ1) is 27.8. The van der Waals surface area contributed by atoms with Crippen LogP contribution in [-0.2, 0) is 0 Å². The van der Waals surface area contributed by atoms with Crippen LogP contribution in [0, 0.1) is 0 Å². The zero-order chi connectivity index (χ0) is 41.1. The van der Waals surface area contributed by atoms with Gasteiger partial charge < -0.3 is 4.42 Å². The molecule has 9 rings (SSSR count). The lowest BCUT2D eigenvalue weighted by atomic mass is 9.84. The van der Waals surface area contributed by atoms with E-state index in [0.29, 0.717) is 16.5 Å². The third kappa shape index (κ3) is 4.02. The predicted molar refractivity (Wildman–Crippen MR) is 190 cm³/mol. The van der Waals surface area contributed by atoms with Gasteiger partial charge in [0, 0.05) is 27.6 Å². The molecule has 0 aliphatic rings. The number of rotatable bonds is 4. The minimum absolute atomic E-state index is 0.0141. The van der Waals surface area contributed by atoms with Crippen LogP contribution in [-0.4, -0.2) is 0 Å². The van der Waals surface area contributed by atoms with Crippen LogP contribution in [0.5, 0.6) is 0 Å². The van der Waals surface area contributed by atoms with Gasteiger partial charge in [0.05, 0.1) is 17.8 Å². The van der Waals surface area contributed by atoms with Crippen LogP contribution < -0.4 is 0 Å². The van der Waals surface area contributed by atoms with E-state index in [0.717, 1.165) is 10.8 Å². The van der Waals surface area contributed by atoms with Gasteiger partial charge in [-0.05, 0) is 49.0 Å². The van der Waals surface area contributed by atoms with E-state index in [1.165, 1.54) is 0 Å². The minimum atomic E-state index is -0.567. The number of hydrogen-bond donors (Lipinski definition) is 0. The maximum absolute atomic E-state index is 9.52. The number of furan rings is 1.